The van der Waals surface area contributed by atoms with Gasteiger partial charge in [0.2, 0.25) is 0 Å². The predicted octanol–water partition coefficient (Wildman–Crippen LogP) is -2.07. The lowest BCUT2D eigenvalue weighted by Crippen LogP contribution is -3.22. The van der Waals surface area contributed by atoms with E-state index >= 15 is 0 Å². The number of piperidine rings is 3. The minimum absolute atomic E-state index is 0.238. The molecule has 1 unspecified atom stereocenters. The van der Waals surface area contributed by atoms with Crippen LogP contribution in [0.1, 0.15) is 44.9 Å². The molecule has 3 heterocycles. The van der Waals surface area contributed by atoms with Crippen LogP contribution in [0.2, 0.25) is 0 Å². The predicted molar refractivity (Wildman–Crippen MR) is 69.4 cm³/mol. The normalized spacial score (nSPS) is 41.6. The van der Waals surface area contributed by atoms with Crippen LogP contribution in [-0.2, 0) is 4.79 Å². The van der Waals surface area contributed by atoms with E-state index in [1.54, 1.807) is 0 Å². The molecular weight excluding hydrogens is 240 g/mol. The molecule has 0 radical (unpaired) electrons. The van der Waals surface area contributed by atoms with Gasteiger partial charge in [-0.2, -0.15) is 0 Å². The van der Waals surface area contributed by atoms with Crippen LogP contribution >= 0.6 is 0 Å². The summed E-state index contributed by atoms with van der Waals surface area (Å²) in [5.41, 5.74) is 0. The van der Waals surface area contributed by atoms with Gasteiger partial charge in [-0.3, -0.25) is 0 Å². The maximum atomic E-state index is 10.6. The molecule has 0 spiro atoms. The average Bonchev–Trinajstić information content (AvgIpc) is 2.41. The number of aliphatic carboxylic acids is 1. The maximum absolute atomic E-state index is 10.6. The first kappa shape index (κ1) is 13.4. The van der Waals surface area contributed by atoms with Crippen molar-refractivity contribution in [3.8, 4) is 0 Å². The number of rotatable bonds is 4. The molecule has 0 bridgehead atoms. The highest BCUT2D eigenvalue weighted by Gasteiger charge is 2.50. The zero-order valence-electron chi connectivity index (χ0n) is 11.8. The first-order valence-electron chi connectivity index (χ1n) is 8.13. The molecule has 19 heavy (non-hydrogen) atoms. The van der Waals surface area contributed by atoms with Crippen molar-refractivity contribution < 1.29 is 20.1 Å². The number of nitrogens with two attached hydrogens (primary N) is 1. The van der Waals surface area contributed by atoms with Gasteiger partial charge in [0.05, 0.1) is 37.5 Å². The van der Waals surface area contributed by atoms with Gasteiger partial charge in [0.25, 0.3) is 0 Å². The third kappa shape index (κ3) is 2.79. The Morgan fingerprint density at radius 2 is 2.05 bits per heavy atom. The van der Waals surface area contributed by atoms with E-state index in [4.69, 9.17) is 0 Å². The van der Waals surface area contributed by atoms with Gasteiger partial charge in [-0.05, 0) is 38.5 Å². The summed E-state index contributed by atoms with van der Waals surface area (Å²) in [6.45, 7) is 4.04. The Hall–Kier alpha value is -0.610. The lowest BCUT2D eigenvalue weighted by atomic mass is 9.70. The molecular formula is C15H27N2O2+. The highest BCUT2D eigenvalue weighted by atomic mass is 16.4. The summed E-state index contributed by atoms with van der Waals surface area (Å²) in [7, 11) is 0. The molecule has 4 nitrogen and oxygen atoms in total. The van der Waals surface area contributed by atoms with Gasteiger partial charge in [0.15, 0.2) is 0 Å². The second-order valence-electron chi connectivity index (χ2n) is 6.79. The third-order valence-electron chi connectivity index (χ3n) is 5.76. The van der Waals surface area contributed by atoms with Gasteiger partial charge in [-0.1, -0.05) is 0 Å². The summed E-state index contributed by atoms with van der Waals surface area (Å²) in [6, 6.07) is 1.56. The van der Waals surface area contributed by atoms with Gasteiger partial charge in [-0.15, -0.1) is 0 Å². The van der Waals surface area contributed by atoms with Gasteiger partial charge < -0.3 is 20.1 Å². The quantitative estimate of drug-likeness (QED) is 0.614. The van der Waals surface area contributed by atoms with E-state index in [9.17, 15) is 9.90 Å². The van der Waals surface area contributed by atoms with Gasteiger partial charge in [-0.25, -0.2) is 0 Å². The van der Waals surface area contributed by atoms with E-state index in [-0.39, 0.29) is 6.42 Å². The Balaban J connectivity index is 1.62. The minimum atomic E-state index is -0.887. The largest absolute Gasteiger partial charge is 0.550 e. The Morgan fingerprint density at radius 3 is 2.84 bits per heavy atom. The molecule has 3 saturated heterocycles. The van der Waals surface area contributed by atoms with E-state index in [2.05, 4.69) is 5.32 Å². The van der Waals surface area contributed by atoms with Crippen LogP contribution in [0.25, 0.3) is 0 Å². The smallest absolute Gasteiger partial charge is 0.104 e. The van der Waals surface area contributed by atoms with E-state index in [1.807, 2.05) is 4.90 Å². The van der Waals surface area contributed by atoms with Crippen LogP contribution in [0.3, 0.4) is 0 Å². The number of carbonyl (C=O) groups is 1. The fourth-order valence-corrected chi connectivity index (χ4v) is 5.04. The van der Waals surface area contributed by atoms with Crippen LogP contribution < -0.4 is 15.3 Å². The Morgan fingerprint density at radius 1 is 1.26 bits per heavy atom. The highest BCUT2D eigenvalue weighted by molar-refractivity contribution is 5.64. The maximum Gasteiger partial charge on any atom is 0.104 e. The Kier molecular flexibility index (Phi) is 4.08. The van der Waals surface area contributed by atoms with Crippen molar-refractivity contribution in [2.24, 2.45) is 11.8 Å². The van der Waals surface area contributed by atoms with Crippen LogP contribution in [0, 0.1) is 11.8 Å². The number of hydrogen-bond acceptors (Lipinski definition) is 2. The van der Waals surface area contributed by atoms with Crippen LogP contribution in [0.4, 0.5) is 0 Å². The Bertz CT molecular complexity index is 325. The number of carboxylic acids is 1. The molecule has 0 aliphatic carbocycles. The van der Waals surface area contributed by atoms with Crippen molar-refractivity contribution in [3.63, 3.8) is 0 Å². The number of nitrogens with one attached hydrogen (secondary N) is 1. The zero-order valence-corrected chi connectivity index (χ0v) is 11.8. The highest BCUT2D eigenvalue weighted by Crippen LogP contribution is 2.29. The molecule has 5 atom stereocenters. The molecule has 3 N–H and O–H groups in total. The summed E-state index contributed by atoms with van der Waals surface area (Å²) in [4.78, 5) is 12.4. The van der Waals surface area contributed by atoms with Gasteiger partial charge >= 0.3 is 0 Å². The Labute approximate surface area is 115 Å². The summed E-state index contributed by atoms with van der Waals surface area (Å²) in [5, 5.41) is 13.1. The average molecular weight is 267 g/mol. The summed E-state index contributed by atoms with van der Waals surface area (Å²) in [5.74, 6) is 0.873. The fraction of sp³-hybridized carbons (Fsp3) is 0.933. The third-order valence-corrected chi connectivity index (χ3v) is 5.76. The number of quaternary nitrogens is 2. The lowest BCUT2D eigenvalue weighted by molar-refractivity contribution is -0.956. The summed E-state index contributed by atoms with van der Waals surface area (Å²) >= 11 is 0. The first-order chi connectivity index (χ1) is 9.25. The van der Waals surface area contributed by atoms with E-state index < -0.39 is 5.97 Å². The van der Waals surface area contributed by atoms with E-state index in [0.717, 1.165) is 30.7 Å². The molecule has 0 saturated carbocycles. The van der Waals surface area contributed by atoms with Crippen molar-refractivity contribution in [2.45, 2.75) is 57.0 Å². The van der Waals surface area contributed by atoms with Crippen molar-refractivity contribution in [1.82, 2.24) is 0 Å². The van der Waals surface area contributed by atoms with E-state index in [0.29, 0.717) is 6.04 Å². The molecule has 3 aliphatic heterocycles. The monoisotopic (exact) mass is 267 g/mol. The molecule has 0 amide bonds. The van der Waals surface area contributed by atoms with Crippen molar-refractivity contribution >= 4 is 5.97 Å². The number of carbonyl (C=O) groups excluding carboxylic acids is 1. The molecule has 108 valence electrons. The van der Waals surface area contributed by atoms with E-state index in [1.165, 1.54) is 45.3 Å². The molecule has 0 aromatic carbocycles. The summed E-state index contributed by atoms with van der Waals surface area (Å²) in [6.07, 6.45) is 7.67. The molecule has 3 rings (SSSR count). The second-order valence-corrected chi connectivity index (χ2v) is 6.79. The van der Waals surface area contributed by atoms with Crippen molar-refractivity contribution in [1.29, 1.82) is 0 Å². The topological polar surface area (TPSA) is 61.2 Å². The standard InChI is InChI=1S/C15H26N2O2/c18-14(19)7-1-6-13-12-5-3-9-17-8-2-4-11(10-16-13)15(12)17/h11-13,15-16H,1-10H2,(H,18,19)/p+1/t11-,12-,13+,15-/m0/s1. The van der Waals surface area contributed by atoms with Gasteiger partial charge in [0.1, 0.15) is 6.04 Å². The summed E-state index contributed by atoms with van der Waals surface area (Å²) < 4.78 is 0. The van der Waals surface area contributed by atoms with Crippen molar-refractivity contribution in [3.05, 3.63) is 0 Å². The number of hydrogen-bond donors (Lipinski definition) is 2. The molecule has 3 fully saturated rings. The van der Waals surface area contributed by atoms with Crippen molar-refractivity contribution in [2.75, 3.05) is 19.6 Å². The minimum Gasteiger partial charge on any atom is -0.550 e. The fourth-order valence-electron chi connectivity index (χ4n) is 5.04. The van der Waals surface area contributed by atoms with Gasteiger partial charge in [0, 0.05) is 12.4 Å². The zero-order chi connectivity index (χ0) is 13.2. The molecule has 0 aromatic rings. The second kappa shape index (κ2) is 5.80. The number of carboxylic acid groups (broad SMARTS) is 1. The van der Waals surface area contributed by atoms with Crippen LogP contribution in [-0.4, -0.2) is 37.7 Å². The first-order valence-corrected chi connectivity index (χ1v) is 8.13. The lowest BCUT2D eigenvalue weighted by Gasteiger charge is -2.49. The molecule has 3 aliphatic rings. The molecule has 4 heteroatoms. The van der Waals surface area contributed by atoms with Crippen LogP contribution in [0.15, 0.2) is 0 Å². The van der Waals surface area contributed by atoms with Crippen LogP contribution in [0.5, 0.6) is 0 Å². The molecule has 0 aromatic heterocycles. The SMILES string of the molecule is O=C([O-])CCC[C@H]1[NH2+]C[C@@H]2CCC[NH+]3CCC[C@@H]1[C@H]23.